The fraction of sp³-hybridized carbons (Fsp3) is 0.143. The number of nitrogens with one attached hydrogen (secondary N) is 4. The van der Waals surface area contributed by atoms with E-state index in [-0.39, 0.29) is 12.1 Å². The largest absolute Gasteiger partial charge is 0.321 e. The number of hydrogen-bond acceptors (Lipinski definition) is 4. The van der Waals surface area contributed by atoms with Crippen LogP contribution in [0, 0.1) is 13.8 Å². The van der Waals surface area contributed by atoms with E-state index in [1.165, 1.54) is 22.3 Å². The van der Waals surface area contributed by atoms with Crippen LogP contribution >= 0.6 is 0 Å². The van der Waals surface area contributed by atoms with Crippen LogP contribution in [0.4, 0.5) is 11.4 Å². The van der Waals surface area contributed by atoms with Crippen molar-refractivity contribution in [2.75, 3.05) is 10.9 Å². The zero-order valence-electron chi connectivity index (χ0n) is 18.5. The zero-order chi connectivity index (χ0) is 22.2. The highest BCUT2D eigenvalue weighted by molar-refractivity contribution is 5.43. The molecule has 0 fully saturated rings. The number of rotatable bonds is 9. The Labute approximate surface area is 190 Å². The fourth-order valence-corrected chi connectivity index (χ4v) is 3.63. The monoisotopic (exact) mass is 422 g/mol. The van der Waals surface area contributed by atoms with E-state index in [1.54, 1.807) is 0 Å². The first-order chi connectivity index (χ1) is 15.7. The minimum absolute atomic E-state index is 0.0466. The van der Waals surface area contributed by atoms with Gasteiger partial charge in [0.2, 0.25) is 0 Å². The summed E-state index contributed by atoms with van der Waals surface area (Å²) in [5, 5.41) is 0. The lowest BCUT2D eigenvalue weighted by molar-refractivity contribution is 0.428. The van der Waals surface area contributed by atoms with Crippen LogP contribution in [0.15, 0.2) is 109 Å². The van der Waals surface area contributed by atoms with E-state index in [0.29, 0.717) is 0 Å². The fourth-order valence-electron chi connectivity index (χ4n) is 3.63. The Kier molecular flexibility index (Phi) is 7.18. The number of hydrazine groups is 2. The van der Waals surface area contributed by atoms with Crippen molar-refractivity contribution in [3.8, 4) is 0 Å². The van der Waals surface area contributed by atoms with Crippen LogP contribution in [-0.2, 0) is 0 Å². The molecule has 4 aromatic carbocycles. The van der Waals surface area contributed by atoms with E-state index in [2.05, 4.69) is 108 Å². The summed E-state index contributed by atoms with van der Waals surface area (Å²) in [7, 11) is 0. The first-order valence-corrected chi connectivity index (χ1v) is 11.0. The van der Waals surface area contributed by atoms with Gasteiger partial charge in [-0.15, -0.1) is 0 Å². The summed E-state index contributed by atoms with van der Waals surface area (Å²) in [6.45, 7) is 4.22. The van der Waals surface area contributed by atoms with Crippen molar-refractivity contribution >= 4 is 11.4 Å². The number of benzene rings is 4. The van der Waals surface area contributed by atoms with Crippen LogP contribution < -0.4 is 21.7 Å². The van der Waals surface area contributed by atoms with E-state index in [0.717, 1.165) is 11.4 Å². The second-order valence-electron chi connectivity index (χ2n) is 8.05. The minimum atomic E-state index is -0.0466. The van der Waals surface area contributed by atoms with Crippen molar-refractivity contribution < 1.29 is 0 Å². The maximum Gasteiger partial charge on any atom is 0.0722 e. The van der Waals surface area contributed by atoms with Gasteiger partial charge in [0, 0.05) is 11.4 Å². The molecule has 0 amide bonds. The molecular weight excluding hydrogens is 392 g/mol. The molecule has 2 atom stereocenters. The molecule has 32 heavy (non-hydrogen) atoms. The molecule has 0 spiro atoms. The van der Waals surface area contributed by atoms with Crippen LogP contribution in [0.5, 0.6) is 0 Å². The molecule has 0 saturated carbocycles. The molecule has 4 heteroatoms. The summed E-state index contributed by atoms with van der Waals surface area (Å²) >= 11 is 0. The molecule has 0 bridgehead atoms. The quantitative estimate of drug-likeness (QED) is 0.238. The Balaban J connectivity index is 1.66. The van der Waals surface area contributed by atoms with Gasteiger partial charge in [-0.3, -0.25) is 0 Å². The predicted molar refractivity (Wildman–Crippen MR) is 134 cm³/mol. The molecule has 0 aliphatic heterocycles. The van der Waals surface area contributed by atoms with Gasteiger partial charge in [0.15, 0.2) is 0 Å². The summed E-state index contributed by atoms with van der Waals surface area (Å²) in [5.41, 5.74) is 20.8. The third-order valence-electron chi connectivity index (χ3n) is 5.50. The van der Waals surface area contributed by atoms with Crippen LogP contribution in [-0.4, -0.2) is 0 Å². The third-order valence-corrected chi connectivity index (χ3v) is 5.50. The molecule has 0 aliphatic rings. The van der Waals surface area contributed by atoms with Crippen molar-refractivity contribution in [2.24, 2.45) is 0 Å². The Morgan fingerprint density at radius 2 is 0.781 bits per heavy atom. The van der Waals surface area contributed by atoms with Crippen molar-refractivity contribution in [2.45, 2.75) is 25.9 Å². The number of aryl methyl sites for hydroxylation is 2. The molecule has 0 heterocycles. The molecule has 4 rings (SSSR count). The summed E-state index contributed by atoms with van der Waals surface area (Å²) in [5.74, 6) is 0. The van der Waals surface area contributed by atoms with Crippen molar-refractivity contribution in [3.63, 3.8) is 0 Å². The number of hydrogen-bond donors (Lipinski definition) is 4. The lowest BCUT2D eigenvalue weighted by atomic mass is 9.93. The second kappa shape index (κ2) is 10.6. The minimum Gasteiger partial charge on any atom is -0.321 e. The molecule has 0 aliphatic carbocycles. The van der Waals surface area contributed by atoms with Crippen molar-refractivity contribution in [1.29, 1.82) is 0 Å². The molecule has 4 nitrogen and oxygen atoms in total. The maximum atomic E-state index is 3.57. The van der Waals surface area contributed by atoms with Gasteiger partial charge >= 0.3 is 0 Å². The Bertz CT molecular complexity index is 987. The molecule has 0 aromatic heterocycles. The normalized spacial score (nSPS) is 12.7. The molecule has 0 radical (unpaired) electrons. The van der Waals surface area contributed by atoms with Crippen LogP contribution in [0.2, 0.25) is 0 Å². The third kappa shape index (κ3) is 5.76. The van der Waals surface area contributed by atoms with Gasteiger partial charge in [-0.05, 0) is 49.2 Å². The predicted octanol–water partition coefficient (Wildman–Crippen LogP) is 6.32. The Morgan fingerprint density at radius 3 is 1.12 bits per heavy atom. The molecule has 2 unspecified atom stereocenters. The first kappa shape index (κ1) is 21.6. The van der Waals surface area contributed by atoms with Gasteiger partial charge in [-0.2, -0.15) is 0 Å². The number of anilines is 2. The Hall–Kier alpha value is -3.60. The SMILES string of the molecule is Cc1ccc(C(NNc2ccccc2)C(NNc2ccccc2)c2ccc(C)cc2)cc1. The van der Waals surface area contributed by atoms with Crippen molar-refractivity contribution in [1.82, 2.24) is 10.9 Å². The zero-order valence-corrected chi connectivity index (χ0v) is 18.5. The average molecular weight is 423 g/mol. The summed E-state index contributed by atoms with van der Waals surface area (Å²) in [6.07, 6.45) is 0. The van der Waals surface area contributed by atoms with Gasteiger partial charge in [0.05, 0.1) is 12.1 Å². The van der Waals surface area contributed by atoms with Crippen LogP contribution in [0.1, 0.15) is 34.3 Å². The van der Waals surface area contributed by atoms with Crippen LogP contribution in [0.3, 0.4) is 0 Å². The smallest absolute Gasteiger partial charge is 0.0722 e. The highest BCUT2D eigenvalue weighted by atomic mass is 15.4. The van der Waals surface area contributed by atoms with E-state index >= 15 is 0 Å². The molecule has 0 saturated heterocycles. The van der Waals surface area contributed by atoms with Crippen molar-refractivity contribution in [3.05, 3.63) is 131 Å². The van der Waals surface area contributed by atoms with E-state index in [4.69, 9.17) is 0 Å². The van der Waals surface area contributed by atoms with Gasteiger partial charge < -0.3 is 10.9 Å². The van der Waals surface area contributed by atoms with Gasteiger partial charge in [-0.25, -0.2) is 10.9 Å². The highest BCUT2D eigenvalue weighted by Crippen LogP contribution is 2.30. The standard InChI is InChI=1S/C28H30N4/c1-21-13-17-23(18-14-21)27(31-29-25-9-5-3-6-10-25)28(24-19-15-22(2)16-20-24)32-30-26-11-7-4-8-12-26/h3-20,27-32H,1-2H3. The summed E-state index contributed by atoms with van der Waals surface area (Å²) < 4.78 is 0. The van der Waals surface area contributed by atoms with E-state index in [9.17, 15) is 0 Å². The lowest BCUT2D eigenvalue weighted by Crippen LogP contribution is -2.40. The van der Waals surface area contributed by atoms with Gasteiger partial charge in [-0.1, -0.05) is 96.1 Å². The van der Waals surface area contributed by atoms with E-state index < -0.39 is 0 Å². The summed E-state index contributed by atoms with van der Waals surface area (Å²) in [4.78, 5) is 0. The first-order valence-electron chi connectivity index (χ1n) is 11.0. The summed E-state index contributed by atoms with van der Waals surface area (Å²) in [6, 6.07) is 37.6. The lowest BCUT2D eigenvalue weighted by Gasteiger charge is -2.31. The Morgan fingerprint density at radius 1 is 0.438 bits per heavy atom. The van der Waals surface area contributed by atoms with Crippen LogP contribution in [0.25, 0.3) is 0 Å². The maximum absolute atomic E-state index is 3.57. The number of para-hydroxylation sites is 2. The van der Waals surface area contributed by atoms with E-state index in [1.807, 2.05) is 36.4 Å². The molecule has 162 valence electrons. The molecule has 4 N–H and O–H groups in total. The average Bonchev–Trinajstić information content (AvgIpc) is 2.84. The highest BCUT2D eigenvalue weighted by Gasteiger charge is 2.25. The van der Waals surface area contributed by atoms with Gasteiger partial charge in [0.1, 0.15) is 0 Å². The second-order valence-corrected chi connectivity index (χ2v) is 8.05. The molecule has 4 aromatic rings. The molecular formula is C28H30N4. The van der Waals surface area contributed by atoms with Gasteiger partial charge in [0.25, 0.3) is 0 Å². The topological polar surface area (TPSA) is 48.1 Å².